The zero-order valence-corrected chi connectivity index (χ0v) is 11.5. The molecule has 1 aromatic rings. The van der Waals surface area contributed by atoms with E-state index >= 15 is 0 Å². The molecule has 1 atom stereocenters. The number of hydrogen-bond acceptors (Lipinski definition) is 3. The summed E-state index contributed by atoms with van der Waals surface area (Å²) in [6.45, 7) is 3.20. The van der Waals surface area contributed by atoms with Crippen LogP contribution < -0.4 is 10.2 Å². The molecule has 90 valence electrons. The second-order valence-corrected chi connectivity index (χ2v) is 5.02. The van der Waals surface area contributed by atoms with Gasteiger partial charge in [-0.3, -0.25) is 0 Å². The Bertz CT molecular complexity index is 297. The lowest BCUT2D eigenvalue weighted by atomic mass is 10.2. The van der Waals surface area contributed by atoms with Gasteiger partial charge < -0.3 is 10.2 Å². The van der Waals surface area contributed by atoms with E-state index < -0.39 is 0 Å². The van der Waals surface area contributed by atoms with Gasteiger partial charge in [-0.05, 0) is 37.9 Å². The maximum atomic E-state index is 3.16. The molecule has 0 amide bonds. The summed E-state index contributed by atoms with van der Waals surface area (Å²) in [5, 5.41) is 3.16. The first kappa shape index (κ1) is 13.4. The molecule has 0 bridgehead atoms. The fraction of sp³-hybridized carbons (Fsp3) is 0.538. The molecule has 1 N–H and O–H groups in total. The minimum absolute atomic E-state index is 0.574. The first-order chi connectivity index (χ1) is 7.69. The van der Waals surface area contributed by atoms with Crippen LogP contribution in [-0.2, 0) is 6.54 Å². The second-order valence-electron chi connectivity index (χ2n) is 4.11. The van der Waals surface area contributed by atoms with E-state index in [2.05, 4.69) is 54.7 Å². The van der Waals surface area contributed by atoms with E-state index in [1.807, 2.05) is 18.8 Å². The fourth-order valence-electron chi connectivity index (χ4n) is 1.66. The summed E-state index contributed by atoms with van der Waals surface area (Å²) in [5.41, 5.74) is 2.62. The minimum Gasteiger partial charge on any atom is -0.371 e. The molecule has 2 nitrogen and oxygen atoms in total. The summed E-state index contributed by atoms with van der Waals surface area (Å²) in [5.74, 6) is 1.16. The highest BCUT2D eigenvalue weighted by molar-refractivity contribution is 7.98. The molecule has 0 spiro atoms. The van der Waals surface area contributed by atoms with E-state index in [9.17, 15) is 0 Å². The molecule has 0 aliphatic rings. The van der Waals surface area contributed by atoms with Crippen LogP contribution in [0.4, 0.5) is 5.69 Å². The number of thioether (sulfide) groups is 1. The molecule has 0 fully saturated rings. The van der Waals surface area contributed by atoms with E-state index in [0.29, 0.717) is 6.04 Å². The van der Waals surface area contributed by atoms with Crippen LogP contribution in [0.5, 0.6) is 0 Å². The van der Waals surface area contributed by atoms with E-state index in [4.69, 9.17) is 0 Å². The molecule has 0 aromatic heterocycles. The molecular weight excluding hydrogens is 216 g/mol. The van der Waals surface area contributed by atoms with Crippen molar-refractivity contribution in [1.82, 2.24) is 5.32 Å². The SMILES string of the molecule is CNCc1ccc(N(C)C(C)CSC)cc1. The minimum atomic E-state index is 0.574. The zero-order chi connectivity index (χ0) is 12.0. The van der Waals surface area contributed by atoms with Crippen molar-refractivity contribution in [1.29, 1.82) is 0 Å². The van der Waals surface area contributed by atoms with Crippen LogP contribution in [0.25, 0.3) is 0 Å². The van der Waals surface area contributed by atoms with Gasteiger partial charge in [-0.2, -0.15) is 11.8 Å². The molecule has 0 aliphatic heterocycles. The van der Waals surface area contributed by atoms with Crippen LogP contribution >= 0.6 is 11.8 Å². The van der Waals surface area contributed by atoms with E-state index in [-0.39, 0.29) is 0 Å². The highest BCUT2D eigenvalue weighted by atomic mass is 32.2. The van der Waals surface area contributed by atoms with E-state index in [1.54, 1.807) is 0 Å². The van der Waals surface area contributed by atoms with Gasteiger partial charge in [-0.1, -0.05) is 12.1 Å². The Labute approximate surface area is 103 Å². The fourth-order valence-corrected chi connectivity index (χ4v) is 2.37. The highest BCUT2D eigenvalue weighted by Gasteiger charge is 2.08. The van der Waals surface area contributed by atoms with Crippen molar-refractivity contribution in [2.75, 3.05) is 31.0 Å². The predicted octanol–water partition coefficient (Wildman–Crippen LogP) is 2.59. The summed E-state index contributed by atoms with van der Waals surface area (Å²) in [4.78, 5) is 2.33. The van der Waals surface area contributed by atoms with E-state index in [0.717, 1.165) is 12.3 Å². The quantitative estimate of drug-likeness (QED) is 0.820. The molecule has 0 heterocycles. The lowest BCUT2D eigenvalue weighted by Gasteiger charge is -2.26. The molecule has 0 radical (unpaired) electrons. The summed E-state index contributed by atoms with van der Waals surface area (Å²) in [6, 6.07) is 9.35. The third kappa shape index (κ3) is 3.72. The van der Waals surface area contributed by atoms with Gasteiger partial charge in [0.05, 0.1) is 0 Å². The maximum absolute atomic E-state index is 3.16. The Kier molecular flexibility index (Phi) is 5.71. The number of nitrogens with zero attached hydrogens (tertiary/aromatic N) is 1. The second kappa shape index (κ2) is 6.81. The van der Waals surface area contributed by atoms with Crippen LogP contribution in [0, 0.1) is 0 Å². The van der Waals surface area contributed by atoms with Crippen molar-refractivity contribution in [3.8, 4) is 0 Å². The number of anilines is 1. The largest absolute Gasteiger partial charge is 0.371 e. The number of nitrogens with one attached hydrogen (secondary N) is 1. The standard InChI is InChI=1S/C13H22N2S/c1-11(10-16-4)15(3)13-7-5-12(6-8-13)9-14-2/h5-8,11,14H,9-10H2,1-4H3. The number of rotatable bonds is 6. The van der Waals surface area contributed by atoms with Crippen molar-refractivity contribution < 1.29 is 0 Å². The average Bonchev–Trinajstić information content (AvgIpc) is 2.30. The topological polar surface area (TPSA) is 15.3 Å². The van der Waals surface area contributed by atoms with Crippen LogP contribution in [0.15, 0.2) is 24.3 Å². The summed E-state index contributed by atoms with van der Waals surface area (Å²) in [6.07, 6.45) is 2.15. The third-order valence-corrected chi connectivity index (χ3v) is 3.61. The zero-order valence-electron chi connectivity index (χ0n) is 10.7. The molecule has 3 heteroatoms. The Balaban J connectivity index is 2.65. The molecule has 1 aromatic carbocycles. The van der Waals surface area contributed by atoms with Gasteiger partial charge >= 0.3 is 0 Å². The van der Waals surface area contributed by atoms with Crippen LogP contribution in [0.2, 0.25) is 0 Å². The summed E-state index contributed by atoms with van der Waals surface area (Å²) >= 11 is 1.89. The van der Waals surface area contributed by atoms with Gasteiger partial charge in [-0.25, -0.2) is 0 Å². The van der Waals surface area contributed by atoms with Crippen molar-refractivity contribution >= 4 is 17.4 Å². The number of hydrogen-bond donors (Lipinski definition) is 1. The summed E-state index contributed by atoms with van der Waals surface area (Å²) < 4.78 is 0. The van der Waals surface area contributed by atoms with E-state index in [1.165, 1.54) is 11.3 Å². The molecule has 0 saturated carbocycles. The molecule has 0 saturated heterocycles. The van der Waals surface area contributed by atoms with Crippen molar-refractivity contribution in [2.24, 2.45) is 0 Å². The molecule has 16 heavy (non-hydrogen) atoms. The Morgan fingerprint density at radius 1 is 1.31 bits per heavy atom. The van der Waals surface area contributed by atoms with Crippen LogP contribution in [0.1, 0.15) is 12.5 Å². The molecule has 1 unspecified atom stereocenters. The Morgan fingerprint density at radius 2 is 1.94 bits per heavy atom. The molecular formula is C13H22N2S. The normalized spacial score (nSPS) is 12.5. The van der Waals surface area contributed by atoms with Gasteiger partial charge in [0.1, 0.15) is 0 Å². The first-order valence-corrected chi connectivity index (χ1v) is 7.03. The third-order valence-electron chi connectivity index (χ3n) is 2.79. The van der Waals surface area contributed by atoms with Gasteiger partial charge in [0, 0.05) is 31.1 Å². The highest BCUT2D eigenvalue weighted by Crippen LogP contribution is 2.17. The first-order valence-electron chi connectivity index (χ1n) is 5.64. The average molecular weight is 238 g/mol. The summed E-state index contributed by atoms with van der Waals surface area (Å²) in [7, 11) is 4.13. The van der Waals surface area contributed by atoms with Crippen LogP contribution in [0.3, 0.4) is 0 Å². The maximum Gasteiger partial charge on any atom is 0.0366 e. The van der Waals surface area contributed by atoms with Gasteiger partial charge in [-0.15, -0.1) is 0 Å². The van der Waals surface area contributed by atoms with Crippen molar-refractivity contribution in [3.05, 3.63) is 29.8 Å². The monoisotopic (exact) mass is 238 g/mol. The van der Waals surface area contributed by atoms with Crippen LogP contribution in [-0.4, -0.2) is 32.1 Å². The predicted molar refractivity (Wildman–Crippen MR) is 75.5 cm³/mol. The number of benzene rings is 1. The van der Waals surface area contributed by atoms with Gasteiger partial charge in [0.25, 0.3) is 0 Å². The van der Waals surface area contributed by atoms with Gasteiger partial charge in [0.2, 0.25) is 0 Å². The smallest absolute Gasteiger partial charge is 0.0366 e. The van der Waals surface area contributed by atoms with Gasteiger partial charge in [0.15, 0.2) is 0 Å². The Hall–Kier alpha value is -0.670. The lowest BCUT2D eigenvalue weighted by Crippen LogP contribution is -2.30. The van der Waals surface area contributed by atoms with Crippen molar-refractivity contribution in [2.45, 2.75) is 19.5 Å². The lowest BCUT2D eigenvalue weighted by molar-refractivity contribution is 0.764. The molecule has 0 aliphatic carbocycles. The molecule has 1 rings (SSSR count). The van der Waals surface area contributed by atoms with Crippen molar-refractivity contribution in [3.63, 3.8) is 0 Å². The Morgan fingerprint density at radius 3 is 2.44 bits per heavy atom.